The van der Waals surface area contributed by atoms with Gasteiger partial charge < -0.3 is 14.2 Å². The van der Waals surface area contributed by atoms with Crippen LogP contribution in [-0.2, 0) is 11.3 Å². The molecular weight excluding hydrogens is 312 g/mol. The number of fused-ring (bicyclic) bond motifs is 1. The predicted octanol–water partition coefficient (Wildman–Crippen LogP) is 1.64. The molecule has 1 aliphatic rings. The summed E-state index contributed by atoms with van der Waals surface area (Å²) in [5, 5.41) is 0. The average Bonchev–Trinajstić information content (AvgIpc) is 3.07. The van der Waals surface area contributed by atoms with E-state index in [0.29, 0.717) is 29.2 Å². The van der Waals surface area contributed by atoms with Crippen LogP contribution in [0.2, 0.25) is 0 Å². The summed E-state index contributed by atoms with van der Waals surface area (Å²) in [5.74, 6) is 0.225. The monoisotopic (exact) mass is 328 g/mol. The van der Waals surface area contributed by atoms with E-state index >= 15 is 0 Å². The third-order valence-corrected chi connectivity index (χ3v) is 3.42. The van der Waals surface area contributed by atoms with E-state index in [4.69, 9.17) is 14.2 Å². The standard InChI is InChI=1S/C17H16N2O5/c1-22-9-11-3-2-4-12(7-11)16(20)18-19-17(21)13-5-6-14-15(8-13)24-10-23-14/h2-8H,9-10H2,1H3,(H,18,20)(H,19,21). The largest absolute Gasteiger partial charge is 0.454 e. The van der Waals surface area contributed by atoms with Crippen LogP contribution < -0.4 is 20.3 Å². The minimum Gasteiger partial charge on any atom is -0.454 e. The molecule has 0 bridgehead atoms. The van der Waals surface area contributed by atoms with Crippen LogP contribution in [0.5, 0.6) is 11.5 Å². The molecular formula is C17H16N2O5. The molecule has 0 atom stereocenters. The molecule has 3 rings (SSSR count). The molecule has 7 heteroatoms. The topological polar surface area (TPSA) is 85.9 Å². The molecule has 2 N–H and O–H groups in total. The lowest BCUT2D eigenvalue weighted by Gasteiger charge is -2.09. The summed E-state index contributed by atoms with van der Waals surface area (Å²) >= 11 is 0. The van der Waals surface area contributed by atoms with Crippen molar-refractivity contribution in [3.8, 4) is 11.5 Å². The van der Waals surface area contributed by atoms with Crippen molar-refractivity contribution < 1.29 is 23.8 Å². The van der Waals surface area contributed by atoms with E-state index in [1.54, 1.807) is 43.5 Å². The zero-order chi connectivity index (χ0) is 16.9. The normalized spacial score (nSPS) is 11.9. The molecule has 124 valence electrons. The molecule has 0 aromatic heterocycles. The number of rotatable bonds is 4. The quantitative estimate of drug-likeness (QED) is 0.833. The Labute approximate surface area is 138 Å². The number of amides is 2. The highest BCUT2D eigenvalue weighted by Gasteiger charge is 2.16. The smallest absolute Gasteiger partial charge is 0.269 e. The number of carbonyl (C=O) groups excluding carboxylic acids is 2. The molecule has 0 radical (unpaired) electrons. The maximum atomic E-state index is 12.1. The van der Waals surface area contributed by atoms with E-state index in [2.05, 4.69) is 10.9 Å². The number of benzene rings is 2. The Morgan fingerprint density at radius 1 is 1.00 bits per heavy atom. The first kappa shape index (κ1) is 15.8. The van der Waals surface area contributed by atoms with Crippen molar-refractivity contribution in [1.82, 2.24) is 10.9 Å². The lowest BCUT2D eigenvalue weighted by Crippen LogP contribution is -2.41. The predicted molar refractivity (Wildman–Crippen MR) is 84.7 cm³/mol. The van der Waals surface area contributed by atoms with Gasteiger partial charge in [0.05, 0.1) is 6.61 Å². The Kier molecular flexibility index (Phi) is 4.62. The van der Waals surface area contributed by atoms with Crippen molar-refractivity contribution in [2.45, 2.75) is 6.61 Å². The molecule has 2 aromatic carbocycles. The third-order valence-electron chi connectivity index (χ3n) is 3.42. The molecule has 0 saturated heterocycles. The summed E-state index contributed by atoms with van der Waals surface area (Å²) < 4.78 is 15.4. The molecule has 2 amide bonds. The van der Waals surface area contributed by atoms with Gasteiger partial charge in [-0.1, -0.05) is 12.1 Å². The summed E-state index contributed by atoms with van der Waals surface area (Å²) in [6.07, 6.45) is 0. The van der Waals surface area contributed by atoms with Crippen LogP contribution >= 0.6 is 0 Å². The van der Waals surface area contributed by atoms with Crippen molar-refractivity contribution in [3.63, 3.8) is 0 Å². The van der Waals surface area contributed by atoms with Crippen molar-refractivity contribution in [1.29, 1.82) is 0 Å². The van der Waals surface area contributed by atoms with Gasteiger partial charge in [0, 0.05) is 18.2 Å². The Hall–Kier alpha value is -3.06. The molecule has 0 unspecified atom stereocenters. The van der Waals surface area contributed by atoms with Crippen LogP contribution in [0.4, 0.5) is 0 Å². The van der Waals surface area contributed by atoms with Gasteiger partial charge >= 0.3 is 0 Å². The Morgan fingerprint density at radius 2 is 1.71 bits per heavy atom. The third kappa shape index (κ3) is 3.47. The van der Waals surface area contributed by atoms with Gasteiger partial charge in [0.15, 0.2) is 11.5 Å². The summed E-state index contributed by atoms with van der Waals surface area (Å²) in [7, 11) is 1.58. The molecule has 1 heterocycles. The average molecular weight is 328 g/mol. The maximum Gasteiger partial charge on any atom is 0.269 e. The number of ether oxygens (including phenoxy) is 3. The highest BCUT2D eigenvalue weighted by atomic mass is 16.7. The second-order valence-electron chi connectivity index (χ2n) is 5.11. The van der Waals surface area contributed by atoms with Gasteiger partial charge in [-0.15, -0.1) is 0 Å². The van der Waals surface area contributed by atoms with Crippen molar-refractivity contribution in [2.75, 3.05) is 13.9 Å². The van der Waals surface area contributed by atoms with E-state index in [1.807, 2.05) is 6.07 Å². The number of methoxy groups -OCH3 is 1. The Morgan fingerprint density at radius 3 is 2.46 bits per heavy atom. The van der Waals surface area contributed by atoms with Crippen LogP contribution in [0.3, 0.4) is 0 Å². The first-order chi connectivity index (χ1) is 11.7. The first-order valence-electron chi connectivity index (χ1n) is 7.25. The SMILES string of the molecule is COCc1cccc(C(=O)NNC(=O)c2ccc3c(c2)OCO3)c1. The van der Waals surface area contributed by atoms with E-state index in [-0.39, 0.29) is 6.79 Å². The summed E-state index contributed by atoms with van der Waals surface area (Å²) in [6, 6.07) is 11.8. The van der Waals surface area contributed by atoms with E-state index in [1.165, 1.54) is 0 Å². The fourth-order valence-corrected chi connectivity index (χ4v) is 2.26. The van der Waals surface area contributed by atoms with Gasteiger partial charge in [-0.2, -0.15) is 0 Å². The maximum absolute atomic E-state index is 12.1. The van der Waals surface area contributed by atoms with Crippen molar-refractivity contribution >= 4 is 11.8 Å². The number of hydrogen-bond acceptors (Lipinski definition) is 5. The highest BCUT2D eigenvalue weighted by Crippen LogP contribution is 2.32. The summed E-state index contributed by atoms with van der Waals surface area (Å²) in [4.78, 5) is 24.2. The molecule has 7 nitrogen and oxygen atoms in total. The van der Waals surface area contributed by atoms with Crippen LogP contribution in [0.1, 0.15) is 26.3 Å². The lowest BCUT2D eigenvalue weighted by molar-refractivity contribution is 0.0846. The fraction of sp³-hybridized carbons (Fsp3) is 0.176. The number of hydrogen-bond donors (Lipinski definition) is 2. The second-order valence-corrected chi connectivity index (χ2v) is 5.11. The molecule has 0 spiro atoms. The molecule has 24 heavy (non-hydrogen) atoms. The van der Waals surface area contributed by atoms with Gasteiger partial charge in [0.25, 0.3) is 11.8 Å². The van der Waals surface area contributed by atoms with Crippen molar-refractivity contribution in [3.05, 3.63) is 59.2 Å². The zero-order valence-corrected chi connectivity index (χ0v) is 13.0. The van der Waals surface area contributed by atoms with Gasteiger partial charge in [-0.25, -0.2) is 0 Å². The molecule has 0 fully saturated rings. The zero-order valence-electron chi connectivity index (χ0n) is 13.0. The summed E-state index contributed by atoms with van der Waals surface area (Å²) in [5.41, 5.74) is 6.41. The van der Waals surface area contributed by atoms with Gasteiger partial charge in [-0.05, 0) is 35.9 Å². The molecule has 0 aliphatic carbocycles. The minimum atomic E-state index is -0.449. The second kappa shape index (κ2) is 7.01. The van der Waals surface area contributed by atoms with E-state index < -0.39 is 11.8 Å². The Bertz CT molecular complexity index is 775. The van der Waals surface area contributed by atoms with E-state index in [9.17, 15) is 9.59 Å². The molecule has 0 saturated carbocycles. The van der Waals surface area contributed by atoms with Crippen LogP contribution in [0.25, 0.3) is 0 Å². The van der Waals surface area contributed by atoms with Crippen molar-refractivity contribution in [2.24, 2.45) is 0 Å². The molecule has 1 aliphatic heterocycles. The first-order valence-corrected chi connectivity index (χ1v) is 7.25. The van der Waals surface area contributed by atoms with Crippen LogP contribution in [-0.4, -0.2) is 25.7 Å². The minimum absolute atomic E-state index is 0.134. The van der Waals surface area contributed by atoms with E-state index in [0.717, 1.165) is 5.56 Å². The number of nitrogens with one attached hydrogen (secondary N) is 2. The summed E-state index contributed by atoms with van der Waals surface area (Å²) in [6.45, 7) is 0.541. The van der Waals surface area contributed by atoms with Gasteiger partial charge in [0.1, 0.15) is 0 Å². The fourth-order valence-electron chi connectivity index (χ4n) is 2.26. The Balaban J connectivity index is 1.61. The highest BCUT2D eigenvalue weighted by molar-refractivity contribution is 5.99. The lowest BCUT2D eigenvalue weighted by atomic mass is 10.1. The van der Waals surface area contributed by atoms with Crippen LogP contribution in [0, 0.1) is 0 Å². The molecule has 2 aromatic rings. The van der Waals surface area contributed by atoms with Gasteiger partial charge in [-0.3, -0.25) is 20.4 Å². The van der Waals surface area contributed by atoms with Gasteiger partial charge in [0.2, 0.25) is 6.79 Å². The van der Waals surface area contributed by atoms with Crippen LogP contribution in [0.15, 0.2) is 42.5 Å². The number of hydrazine groups is 1. The number of carbonyl (C=O) groups is 2.